The van der Waals surface area contributed by atoms with Crippen molar-refractivity contribution in [1.29, 1.82) is 0 Å². The summed E-state index contributed by atoms with van der Waals surface area (Å²) in [5, 5.41) is 2.95. The summed E-state index contributed by atoms with van der Waals surface area (Å²) in [5.41, 5.74) is 0.445. The fourth-order valence-electron chi connectivity index (χ4n) is 2.67. The Kier molecular flexibility index (Phi) is 6.21. The third kappa shape index (κ3) is 5.57. The van der Waals surface area contributed by atoms with E-state index in [4.69, 9.17) is 0 Å². The first kappa shape index (κ1) is 20.8. The van der Waals surface area contributed by atoms with E-state index < -0.39 is 12.3 Å². The lowest BCUT2D eigenvalue weighted by Gasteiger charge is -2.13. The number of aromatic nitrogens is 2. The van der Waals surface area contributed by atoms with Crippen LogP contribution in [0.3, 0.4) is 0 Å². The molecule has 0 aliphatic heterocycles. The quantitative estimate of drug-likeness (QED) is 0.596. The Balaban J connectivity index is 1.62. The molecule has 0 radical (unpaired) electrons. The van der Waals surface area contributed by atoms with Crippen LogP contribution in [-0.2, 0) is 17.9 Å². The number of ether oxygens (including phenoxy) is 1. The lowest BCUT2D eigenvalue weighted by Crippen LogP contribution is -2.28. The number of hydrogen-bond donors (Lipinski definition) is 1. The number of nitrogens with zero attached hydrogens (tertiary/aromatic N) is 2. The highest BCUT2D eigenvalue weighted by atomic mass is 79.9. The van der Waals surface area contributed by atoms with Crippen LogP contribution in [-0.4, -0.2) is 21.8 Å². The third-order valence-corrected chi connectivity index (χ3v) is 4.53. The van der Waals surface area contributed by atoms with Gasteiger partial charge in [-0.15, -0.1) is 13.2 Å². The maximum Gasteiger partial charge on any atom is 0.573 e. The number of amides is 1. The number of carbonyl (C=O) groups excluding carboxylic acids is 1. The predicted molar refractivity (Wildman–Crippen MR) is 103 cm³/mol. The number of benzene rings is 2. The van der Waals surface area contributed by atoms with Crippen molar-refractivity contribution in [3.8, 4) is 5.75 Å². The minimum absolute atomic E-state index is 0.0383. The van der Waals surface area contributed by atoms with Gasteiger partial charge in [-0.2, -0.15) is 0 Å². The van der Waals surface area contributed by atoms with Gasteiger partial charge in [0, 0.05) is 29.5 Å². The Morgan fingerprint density at radius 3 is 2.72 bits per heavy atom. The summed E-state index contributed by atoms with van der Waals surface area (Å²) >= 11 is 3.30. The van der Waals surface area contributed by atoms with Crippen LogP contribution >= 0.6 is 15.9 Å². The highest BCUT2D eigenvalue weighted by molar-refractivity contribution is 9.10. The molecule has 0 bridgehead atoms. The largest absolute Gasteiger partial charge is 0.573 e. The molecule has 0 unspecified atom stereocenters. The van der Waals surface area contributed by atoms with Gasteiger partial charge in [-0.1, -0.05) is 34.1 Å². The van der Waals surface area contributed by atoms with Crippen LogP contribution in [0.25, 0.3) is 10.9 Å². The summed E-state index contributed by atoms with van der Waals surface area (Å²) < 4.78 is 43.4. The van der Waals surface area contributed by atoms with E-state index in [-0.39, 0.29) is 36.4 Å². The minimum Gasteiger partial charge on any atom is -0.405 e. The highest BCUT2D eigenvalue weighted by Crippen LogP contribution is 2.26. The second-order valence-corrected chi connectivity index (χ2v) is 7.00. The number of nitrogens with one attached hydrogen (secondary N) is 1. The molecular formula is C19H15BrF3N3O3. The lowest BCUT2D eigenvalue weighted by molar-refractivity contribution is -0.274. The van der Waals surface area contributed by atoms with Crippen LogP contribution in [0, 0.1) is 0 Å². The molecule has 0 saturated heterocycles. The number of hydrogen-bond acceptors (Lipinski definition) is 4. The van der Waals surface area contributed by atoms with E-state index in [2.05, 4.69) is 31.0 Å². The van der Waals surface area contributed by atoms with Crippen molar-refractivity contribution >= 4 is 32.7 Å². The van der Waals surface area contributed by atoms with Gasteiger partial charge < -0.3 is 10.1 Å². The molecule has 1 amide bonds. The first-order chi connectivity index (χ1) is 13.7. The van der Waals surface area contributed by atoms with Crippen molar-refractivity contribution in [3.05, 3.63) is 69.2 Å². The normalized spacial score (nSPS) is 11.4. The molecule has 10 heteroatoms. The zero-order valence-corrected chi connectivity index (χ0v) is 16.5. The topological polar surface area (TPSA) is 73.2 Å². The molecular weight excluding hydrogens is 455 g/mol. The molecule has 2 aromatic carbocycles. The molecule has 0 saturated carbocycles. The number of fused-ring (bicyclic) bond motifs is 1. The summed E-state index contributed by atoms with van der Waals surface area (Å²) in [7, 11) is 0. The molecule has 6 nitrogen and oxygen atoms in total. The molecule has 0 aliphatic carbocycles. The second kappa shape index (κ2) is 8.64. The zero-order chi connectivity index (χ0) is 21.0. The lowest BCUT2D eigenvalue weighted by atomic mass is 10.2. The maximum absolute atomic E-state index is 12.5. The van der Waals surface area contributed by atoms with Crippen LogP contribution in [0.4, 0.5) is 13.2 Å². The molecule has 1 N–H and O–H groups in total. The highest BCUT2D eigenvalue weighted by Gasteiger charge is 2.31. The molecule has 0 aliphatic rings. The molecule has 1 aromatic heterocycles. The van der Waals surface area contributed by atoms with E-state index in [0.717, 1.165) is 4.47 Å². The first-order valence-corrected chi connectivity index (χ1v) is 9.27. The van der Waals surface area contributed by atoms with E-state index in [1.165, 1.54) is 29.1 Å². The fourth-order valence-corrected chi connectivity index (χ4v) is 3.03. The molecule has 0 fully saturated rings. The summed E-state index contributed by atoms with van der Waals surface area (Å²) in [6, 6.07) is 10.7. The van der Waals surface area contributed by atoms with Gasteiger partial charge in [0.15, 0.2) is 0 Å². The van der Waals surface area contributed by atoms with Crippen molar-refractivity contribution in [2.24, 2.45) is 0 Å². The third-order valence-electron chi connectivity index (χ3n) is 4.04. The van der Waals surface area contributed by atoms with Crippen LogP contribution < -0.4 is 15.6 Å². The van der Waals surface area contributed by atoms with Crippen LogP contribution in [0.15, 0.2) is 58.1 Å². The Morgan fingerprint density at radius 1 is 1.21 bits per heavy atom. The second-order valence-electron chi connectivity index (χ2n) is 6.09. The number of halogens is 4. The van der Waals surface area contributed by atoms with E-state index >= 15 is 0 Å². The monoisotopic (exact) mass is 469 g/mol. The van der Waals surface area contributed by atoms with Crippen LogP contribution in [0.1, 0.15) is 12.0 Å². The van der Waals surface area contributed by atoms with Gasteiger partial charge in [-0.05, 0) is 24.3 Å². The molecule has 29 heavy (non-hydrogen) atoms. The van der Waals surface area contributed by atoms with Crippen LogP contribution in [0.2, 0.25) is 0 Å². The van der Waals surface area contributed by atoms with Crippen molar-refractivity contribution < 1.29 is 22.7 Å². The number of aryl methyl sites for hydroxylation is 1. The van der Waals surface area contributed by atoms with Gasteiger partial charge in [0.1, 0.15) is 5.75 Å². The standard InChI is InChI=1S/C19H15BrF3N3O3/c20-13-5-6-15-14(9-13)18(28)26(11-25-15)8-7-17(27)24-10-12-3-1-2-4-16(12)29-19(21,22)23/h1-6,9,11H,7-8,10H2,(H,24,27). The number of para-hydroxylation sites is 1. The molecule has 152 valence electrons. The number of carbonyl (C=O) groups is 1. The minimum atomic E-state index is -4.82. The van der Waals surface area contributed by atoms with Gasteiger partial charge >= 0.3 is 6.36 Å². The van der Waals surface area contributed by atoms with Gasteiger partial charge in [0.2, 0.25) is 5.91 Å². The Labute approximate surface area is 171 Å². The van der Waals surface area contributed by atoms with Crippen molar-refractivity contribution in [1.82, 2.24) is 14.9 Å². The number of rotatable bonds is 6. The molecule has 0 spiro atoms. The van der Waals surface area contributed by atoms with Crippen molar-refractivity contribution in [3.63, 3.8) is 0 Å². The maximum atomic E-state index is 12.5. The van der Waals surface area contributed by atoms with E-state index in [9.17, 15) is 22.8 Å². The van der Waals surface area contributed by atoms with Gasteiger partial charge in [-0.3, -0.25) is 14.2 Å². The van der Waals surface area contributed by atoms with E-state index in [1.54, 1.807) is 24.3 Å². The molecule has 0 atom stereocenters. The van der Waals surface area contributed by atoms with Gasteiger partial charge in [0.05, 0.1) is 17.2 Å². The molecule has 3 aromatic rings. The summed E-state index contributed by atoms with van der Waals surface area (Å²) in [6.45, 7) is -0.0519. The first-order valence-electron chi connectivity index (χ1n) is 8.48. The molecule has 1 heterocycles. The smallest absolute Gasteiger partial charge is 0.405 e. The Bertz CT molecular complexity index is 1100. The van der Waals surface area contributed by atoms with Gasteiger partial charge in [0.25, 0.3) is 5.56 Å². The van der Waals surface area contributed by atoms with Crippen molar-refractivity contribution in [2.75, 3.05) is 0 Å². The van der Waals surface area contributed by atoms with Crippen molar-refractivity contribution in [2.45, 2.75) is 25.9 Å². The van der Waals surface area contributed by atoms with Crippen LogP contribution in [0.5, 0.6) is 5.75 Å². The summed E-state index contributed by atoms with van der Waals surface area (Å²) in [6.07, 6.45) is -3.50. The van der Waals surface area contributed by atoms with Gasteiger partial charge in [-0.25, -0.2) is 4.98 Å². The van der Waals surface area contributed by atoms with E-state index in [1.807, 2.05) is 0 Å². The molecule has 3 rings (SSSR count). The summed E-state index contributed by atoms with van der Waals surface area (Å²) in [4.78, 5) is 28.8. The summed E-state index contributed by atoms with van der Waals surface area (Å²) in [5.74, 6) is -0.797. The predicted octanol–water partition coefficient (Wildman–Crippen LogP) is 3.76. The SMILES string of the molecule is O=C(CCn1cnc2ccc(Br)cc2c1=O)NCc1ccccc1OC(F)(F)F. The Hall–Kier alpha value is -2.88. The van der Waals surface area contributed by atoms with E-state index in [0.29, 0.717) is 10.9 Å². The average molecular weight is 470 g/mol. The average Bonchev–Trinajstić information content (AvgIpc) is 2.66. The zero-order valence-electron chi connectivity index (χ0n) is 14.9. The fraction of sp³-hybridized carbons (Fsp3) is 0.211. The number of alkyl halides is 3. The Morgan fingerprint density at radius 2 is 1.97 bits per heavy atom.